The zero-order chi connectivity index (χ0) is 24.3. The Morgan fingerprint density at radius 2 is 2.06 bits per heavy atom. The van der Waals surface area contributed by atoms with Gasteiger partial charge in [-0.2, -0.15) is 10.2 Å². The van der Waals surface area contributed by atoms with Gasteiger partial charge in [-0.05, 0) is 19.3 Å². The molecule has 0 bridgehead atoms. The molecule has 34 heavy (non-hydrogen) atoms. The zero-order valence-corrected chi connectivity index (χ0v) is 19.0. The van der Waals surface area contributed by atoms with Gasteiger partial charge in [0, 0.05) is 25.8 Å². The molecule has 11 heteroatoms. The summed E-state index contributed by atoms with van der Waals surface area (Å²) in [6.45, 7) is 0.0731. The van der Waals surface area contributed by atoms with Gasteiger partial charge in [0.1, 0.15) is 11.7 Å². The Balaban J connectivity index is 1.60. The minimum atomic E-state index is -1.25. The van der Waals surface area contributed by atoms with E-state index in [0.717, 1.165) is 19.2 Å². The van der Waals surface area contributed by atoms with Gasteiger partial charge in [0.2, 0.25) is 5.91 Å². The lowest BCUT2D eigenvalue weighted by atomic mass is 9.96. The van der Waals surface area contributed by atoms with Gasteiger partial charge < -0.3 is 19.4 Å². The average molecular weight is 474 g/mol. The van der Waals surface area contributed by atoms with Gasteiger partial charge in [-0.25, -0.2) is 14.2 Å². The number of carbonyl (C=O) groups is 3. The number of hydrogen-bond donors (Lipinski definition) is 1. The number of esters is 1. The Morgan fingerprint density at radius 3 is 2.59 bits per heavy atom. The number of halogens is 1. The Kier molecular flexibility index (Phi) is 6.68. The molecule has 1 aromatic heterocycles. The van der Waals surface area contributed by atoms with Gasteiger partial charge in [0.15, 0.2) is 23.9 Å². The zero-order valence-electron chi connectivity index (χ0n) is 19.0. The Hall–Kier alpha value is -3.29. The molecule has 2 aliphatic carbocycles. The molecule has 4 rings (SSSR count). The van der Waals surface area contributed by atoms with Crippen molar-refractivity contribution in [1.82, 2.24) is 15.2 Å². The summed E-state index contributed by atoms with van der Waals surface area (Å²) in [6, 6.07) is -1.24. The van der Waals surface area contributed by atoms with Crippen molar-refractivity contribution in [3.63, 3.8) is 0 Å². The van der Waals surface area contributed by atoms with E-state index in [1.54, 1.807) is 0 Å². The van der Waals surface area contributed by atoms with E-state index in [-0.39, 0.29) is 18.7 Å². The highest BCUT2D eigenvalue weighted by atomic mass is 19.1. The van der Waals surface area contributed by atoms with Crippen LogP contribution in [0.1, 0.15) is 63.2 Å². The minimum Gasteiger partial charge on any atom is -0.467 e. The molecule has 0 spiro atoms. The van der Waals surface area contributed by atoms with Crippen molar-refractivity contribution in [3.05, 3.63) is 18.4 Å². The molecule has 3 aliphatic rings. The van der Waals surface area contributed by atoms with Gasteiger partial charge in [0.05, 0.1) is 19.2 Å². The number of hydrogen-bond acceptors (Lipinski definition) is 8. The average Bonchev–Trinajstić information content (AvgIpc) is 3.61. The fourth-order valence-electron chi connectivity index (χ4n) is 4.61. The first-order valence-corrected chi connectivity index (χ1v) is 11.5. The van der Waals surface area contributed by atoms with Gasteiger partial charge in [-0.1, -0.05) is 12.8 Å². The highest BCUT2D eigenvalue weighted by molar-refractivity contribution is 5.94. The monoisotopic (exact) mass is 473 g/mol. The van der Waals surface area contributed by atoms with E-state index in [0.29, 0.717) is 32.1 Å². The summed E-state index contributed by atoms with van der Waals surface area (Å²) >= 11 is 0. The number of oxazole rings is 1. The van der Waals surface area contributed by atoms with Gasteiger partial charge >= 0.3 is 5.97 Å². The molecule has 2 heterocycles. The van der Waals surface area contributed by atoms with Crippen LogP contribution in [0.25, 0.3) is 0 Å². The number of carbonyl (C=O) groups excluding carboxylic acids is 3. The lowest BCUT2D eigenvalue weighted by Crippen LogP contribution is -2.56. The molecule has 182 valence electrons. The fourth-order valence-corrected chi connectivity index (χ4v) is 4.61. The van der Waals surface area contributed by atoms with Crippen molar-refractivity contribution < 1.29 is 27.9 Å². The maximum absolute atomic E-state index is 13.9. The first kappa shape index (κ1) is 23.9. The van der Waals surface area contributed by atoms with Crippen molar-refractivity contribution >= 4 is 17.8 Å². The van der Waals surface area contributed by atoms with Crippen LogP contribution in [0.15, 0.2) is 27.2 Å². The van der Waals surface area contributed by atoms with Crippen LogP contribution in [0.4, 0.5) is 4.39 Å². The third kappa shape index (κ3) is 4.81. The number of methoxy groups -OCH3 is 1. The molecule has 2 saturated carbocycles. The third-order valence-electron chi connectivity index (χ3n) is 6.80. The van der Waals surface area contributed by atoms with E-state index >= 15 is 0 Å². The molecule has 2 fully saturated rings. The van der Waals surface area contributed by atoms with Crippen molar-refractivity contribution in [3.8, 4) is 12.3 Å². The number of ether oxygens (including phenoxy) is 1. The van der Waals surface area contributed by atoms with Crippen LogP contribution < -0.4 is 5.32 Å². The molecule has 1 unspecified atom stereocenters. The van der Waals surface area contributed by atoms with E-state index in [4.69, 9.17) is 15.6 Å². The molecule has 1 N–H and O–H groups in total. The SMILES string of the molecule is C#CCCC1(CCN(C(=O)[C@@H]2C[C@@H]2F)C(C(=O)NC2(C(=O)OC)CCCC2)c2cnco2)N=N1. The fraction of sp³-hybridized carbons (Fsp3) is 0.652. The highest BCUT2D eigenvalue weighted by Crippen LogP contribution is 2.41. The standard InChI is InChI=1S/C23H28FN5O5/c1-3-4-9-23(27-28-23)10-11-29(20(31)15-12-16(15)24)18(17-13-25-14-34-17)19(30)26-22(21(32)33-2)7-5-6-8-22/h1,13-16,18H,4-12H2,2H3,(H,26,30)/t15-,16+,18?/m1/s1. The van der Waals surface area contributed by atoms with Crippen molar-refractivity contribution in [1.29, 1.82) is 0 Å². The molecule has 0 aromatic carbocycles. The number of rotatable bonds is 11. The quantitative estimate of drug-likeness (QED) is 0.389. The third-order valence-corrected chi connectivity index (χ3v) is 6.80. The van der Waals surface area contributed by atoms with Gasteiger partial charge in [-0.3, -0.25) is 9.59 Å². The summed E-state index contributed by atoms with van der Waals surface area (Å²) in [4.78, 5) is 44.7. The van der Waals surface area contributed by atoms with Crippen LogP contribution in [0, 0.1) is 18.3 Å². The number of alkyl halides is 1. The van der Waals surface area contributed by atoms with Crippen LogP contribution in [-0.2, 0) is 19.1 Å². The molecule has 2 amide bonds. The topological polar surface area (TPSA) is 126 Å². The largest absolute Gasteiger partial charge is 0.467 e. The summed E-state index contributed by atoms with van der Waals surface area (Å²) in [5.74, 6) is 0.180. The number of aromatic nitrogens is 1. The molecule has 1 aromatic rings. The maximum Gasteiger partial charge on any atom is 0.331 e. The summed E-state index contributed by atoms with van der Waals surface area (Å²) in [6.07, 6.45) is 10.3. The predicted octanol–water partition coefficient (Wildman–Crippen LogP) is 2.47. The van der Waals surface area contributed by atoms with E-state index in [1.807, 2.05) is 0 Å². The second kappa shape index (κ2) is 9.52. The lowest BCUT2D eigenvalue weighted by molar-refractivity contribution is -0.152. The smallest absolute Gasteiger partial charge is 0.331 e. The minimum absolute atomic E-state index is 0.0731. The van der Waals surface area contributed by atoms with Crippen LogP contribution >= 0.6 is 0 Å². The Labute approximate surface area is 196 Å². The maximum atomic E-state index is 13.9. The second-order valence-electron chi connectivity index (χ2n) is 9.10. The van der Waals surface area contributed by atoms with E-state index in [2.05, 4.69) is 26.4 Å². The van der Waals surface area contributed by atoms with E-state index < -0.39 is 47.1 Å². The van der Waals surface area contributed by atoms with E-state index in [9.17, 15) is 18.8 Å². The number of amides is 2. The first-order valence-electron chi connectivity index (χ1n) is 11.5. The number of nitrogens with one attached hydrogen (secondary N) is 1. The van der Waals surface area contributed by atoms with Crippen LogP contribution in [0.2, 0.25) is 0 Å². The summed E-state index contributed by atoms with van der Waals surface area (Å²) < 4.78 is 24.3. The molecule has 0 saturated heterocycles. The molecule has 1 aliphatic heterocycles. The van der Waals surface area contributed by atoms with Gasteiger partial charge in [0.25, 0.3) is 5.91 Å². The normalized spacial score (nSPS) is 24.0. The van der Waals surface area contributed by atoms with E-state index in [1.165, 1.54) is 18.2 Å². The molecular weight excluding hydrogens is 445 g/mol. The van der Waals surface area contributed by atoms with Crippen LogP contribution in [0.5, 0.6) is 0 Å². The number of nitrogens with zero attached hydrogens (tertiary/aromatic N) is 4. The summed E-state index contributed by atoms with van der Waals surface area (Å²) in [5, 5.41) is 11.0. The second-order valence-corrected chi connectivity index (χ2v) is 9.10. The van der Waals surface area contributed by atoms with Gasteiger partial charge in [-0.15, -0.1) is 12.3 Å². The lowest BCUT2D eigenvalue weighted by Gasteiger charge is -2.34. The van der Waals surface area contributed by atoms with Crippen LogP contribution in [-0.4, -0.2) is 58.7 Å². The Morgan fingerprint density at radius 1 is 1.35 bits per heavy atom. The van der Waals surface area contributed by atoms with Crippen molar-refractivity contribution in [2.75, 3.05) is 13.7 Å². The highest BCUT2D eigenvalue weighted by Gasteiger charge is 2.51. The summed E-state index contributed by atoms with van der Waals surface area (Å²) in [5.41, 5.74) is -1.89. The Bertz CT molecular complexity index is 992. The first-order chi connectivity index (χ1) is 16.3. The molecule has 10 nitrogen and oxygen atoms in total. The molecule has 3 atom stereocenters. The van der Waals surface area contributed by atoms with Crippen molar-refractivity contribution in [2.24, 2.45) is 16.1 Å². The molecular formula is C23H28FN5O5. The molecule has 0 radical (unpaired) electrons. The number of terminal acetylenes is 1. The van der Waals surface area contributed by atoms with Crippen molar-refractivity contribution in [2.45, 2.75) is 74.8 Å². The predicted molar refractivity (Wildman–Crippen MR) is 116 cm³/mol. The summed E-state index contributed by atoms with van der Waals surface area (Å²) in [7, 11) is 1.27. The van der Waals surface area contributed by atoms with Crippen LogP contribution in [0.3, 0.4) is 0 Å².